The number of rotatable bonds is 3. The van der Waals surface area contributed by atoms with E-state index in [1.54, 1.807) is 3.88 Å². The van der Waals surface area contributed by atoms with Crippen molar-refractivity contribution in [3.63, 3.8) is 0 Å². The quantitative estimate of drug-likeness (QED) is 0.504. The summed E-state index contributed by atoms with van der Waals surface area (Å²) in [4.78, 5) is 0. The van der Waals surface area contributed by atoms with Crippen LogP contribution in [-0.2, 0) is 25.0 Å². The maximum atomic E-state index is 6.28. The van der Waals surface area contributed by atoms with Gasteiger partial charge in [-0.2, -0.15) is 0 Å². The Kier molecular flexibility index (Phi) is 8.87. The Bertz CT molecular complexity index is 654. The molecule has 0 aliphatic heterocycles. The van der Waals surface area contributed by atoms with Crippen molar-refractivity contribution in [3.05, 3.63) is 49.9 Å². The van der Waals surface area contributed by atoms with E-state index >= 15 is 0 Å². The minimum atomic E-state index is -0.567. The van der Waals surface area contributed by atoms with E-state index in [0.717, 1.165) is 5.75 Å². The summed E-state index contributed by atoms with van der Waals surface area (Å²) >= 11 is -0.567. The Labute approximate surface area is 169 Å². The molecule has 0 N–H and O–H groups in total. The second-order valence-electron chi connectivity index (χ2n) is 7.56. The molecule has 1 nitrogen and oxygen atoms in total. The number of hydrogen-bond acceptors (Lipinski definition) is 1. The summed E-state index contributed by atoms with van der Waals surface area (Å²) in [5.74, 6) is 1.60. The molecule has 4 heteroatoms. The maximum Gasteiger partial charge on any atom is -0.147 e. The fourth-order valence-electron chi connectivity index (χ4n) is 2.88. The van der Waals surface area contributed by atoms with Gasteiger partial charge in [-0.1, -0.05) is 0 Å². The third kappa shape index (κ3) is 5.15. The zero-order valence-electron chi connectivity index (χ0n) is 16.0. The van der Waals surface area contributed by atoms with Gasteiger partial charge in [-0.25, -0.2) is 0 Å². The average Bonchev–Trinajstić information content (AvgIpc) is 2.60. The fourth-order valence-corrected chi connectivity index (χ4v) is 4.57. The normalized spacial score (nSPS) is 17.4. The number of hydrogen-bond donors (Lipinski definition) is 0. The molecule has 0 aromatic heterocycles. The molecule has 0 heterocycles. The molecule has 0 bridgehead atoms. The molecule has 1 aliphatic carbocycles. The largest absolute Gasteiger partial charge is 0.147 e. The molecule has 24 heavy (non-hydrogen) atoms. The van der Waals surface area contributed by atoms with Crippen molar-refractivity contribution in [2.45, 2.75) is 60.8 Å². The standard InChI is InChI=1S/C11H16O.C9H13.2ClH.Ti/c1-8-5-9(11(2,3)4)7-10(12)6-8;1-6-5-7(2)9(4)8(6)3;;;/h5-7,12H,1-4H3;6H,1-4H3;2*1H;/q;;;;+1/p-1. The molecule has 1 aliphatic rings. The van der Waals surface area contributed by atoms with Gasteiger partial charge in [-0.05, 0) is 0 Å². The van der Waals surface area contributed by atoms with Crippen molar-refractivity contribution >= 4 is 24.8 Å². The van der Waals surface area contributed by atoms with Crippen LogP contribution in [-0.4, -0.2) is 0 Å². The van der Waals surface area contributed by atoms with Gasteiger partial charge in [-0.15, -0.1) is 24.8 Å². The van der Waals surface area contributed by atoms with Crippen LogP contribution in [0.5, 0.6) is 5.75 Å². The van der Waals surface area contributed by atoms with Crippen molar-refractivity contribution in [1.29, 1.82) is 0 Å². The van der Waals surface area contributed by atoms with E-state index in [0.29, 0.717) is 5.92 Å². The van der Waals surface area contributed by atoms with E-state index in [-0.39, 0.29) is 30.2 Å². The third-order valence-electron chi connectivity index (χ3n) is 4.84. The van der Waals surface area contributed by atoms with E-state index in [1.165, 1.54) is 27.8 Å². The van der Waals surface area contributed by atoms with Gasteiger partial charge in [0.15, 0.2) is 0 Å². The summed E-state index contributed by atoms with van der Waals surface area (Å²) in [6.07, 6.45) is 0. The molecule has 0 saturated carbocycles. The summed E-state index contributed by atoms with van der Waals surface area (Å²) in [5.41, 5.74) is 7.24. The molecule has 0 radical (unpaired) electrons. The molecular formula is C20H30Cl2OTi. The van der Waals surface area contributed by atoms with Crippen LogP contribution in [0.4, 0.5) is 0 Å². The average molecular weight is 405 g/mol. The predicted molar refractivity (Wildman–Crippen MR) is 105 cm³/mol. The van der Waals surface area contributed by atoms with Crippen LogP contribution in [0.2, 0.25) is 0 Å². The van der Waals surface area contributed by atoms with Gasteiger partial charge in [0.2, 0.25) is 0 Å². The summed E-state index contributed by atoms with van der Waals surface area (Å²) in [7, 11) is 0. The Balaban J connectivity index is 0.00000264. The molecule has 0 fully saturated rings. The first-order chi connectivity index (χ1) is 10.1. The van der Waals surface area contributed by atoms with Gasteiger partial charge < -0.3 is 0 Å². The summed E-state index contributed by atoms with van der Waals surface area (Å²) in [6.45, 7) is 18.0. The monoisotopic (exact) mass is 404 g/mol. The predicted octanol–water partition coefficient (Wildman–Crippen LogP) is 6.77. The van der Waals surface area contributed by atoms with Crippen molar-refractivity contribution in [1.82, 2.24) is 0 Å². The Morgan fingerprint density at radius 1 is 0.917 bits per heavy atom. The molecule has 1 unspecified atom stereocenters. The summed E-state index contributed by atoms with van der Waals surface area (Å²) in [6, 6.07) is 6.66. The summed E-state index contributed by atoms with van der Waals surface area (Å²) < 4.78 is 7.83. The van der Waals surface area contributed by atoms with Crippen LogP contribution in [0, 0.1) is 12.8 Å². The molecular weight excluding hydrogens is 375 g/mol. The minimum absolute atomic E-state index is 0. The summed E-state index contributed by atoms with van der Waals surface area (Å²) in [5, 5.41) is 0. The number of aryl methyl sites for hydroxylation is 1. The van der Waals surface area contributed by atoms with Crippen LogP contribution in [0.25, 0.3) is 0 Å². The zero-order valence-corrected chi connectivity index (χ0v) is 19.2. The van der Waals surface area contributed by atoms with Crippen molar-refractivity contribution in [3.8, 4) is 5.75 Å². The first-order valence-electron chi connectivity index (χ1n) is 8.04. The molecule has 1 aromatic carbocycles. The van der Waals surface area contributed by atoms with E-state index in [9.17, 15) is 0 Å². The third-order valence-corrected chi connectivity index (χ3v) is 6.97. The molecule has 134 valence electrons. The van der Waals surface area contributed by atoms with Crippen LogP contribution < -0.4 is 3.32 Å². The Hall–Kier alpha value is -0.206. The topological polar surface area (TPSA) is 9.23 Å². The Morgan fingerprint density at radius 2 is 1.50 bits per heavy atom. The van der Waals surface area contributed by atoms with E-state index in [4.69, 9.17) is 3.32 Å². The van der Waals surface area contributed by atoms with Gasteiger partial charge in [0.25, 0.3) is 0 Å². The zero-order chi connectivity index (χ0) is 16.7. The Morgan fingerprint density at radius 3 is 1.96 bits per heavy atom. The van der Waals surface area contributed by atoms with E-state index < -0.39 is 19.5 Å². The van der Waals surface area contributed by atoms with Crippen LogP contribution >= 0.6 is 24.8 Å². The minimum Gasteiger partial charge on any atom is -0.147 e. The van der Waals surface area contributed by atoms with Crippen LogP contribution in [0.3, 0.4) is 0 Å². The van der Waals surface area contributed by atoms with Gasteiger partial charge >= 0.3 is 145 Å². The molecule has 1 aromatic rings. The number of halogens is 2. The smallest absolute Gasteiger partial charge is 0.147 e. The van der Waals surface area contributed by atoms with E-state index in [2.05, 4.69) is 73.6 Å². The van der Waals surface area contributed by atoms with E-state index in [1.807, 2.05) is 0 Å². The molecule has 2 rings (SSSR count). The fraction of sp³-hybridized carbons (Fsp3) is 0.500. The number of allylic oxidation sites excluding steroid dienone is 4. The van der Waals surface area contributed by atoms with Crippen molar-refractivity contribution in [2.75, 3.05) is 0 Å². The van der Waals surface area contributed by atoms with Crippen molar-refractivity contribution in [2.24, 2.45) is 5.92 Å². The molecule has 1 atom stereocenters. The SMILES string of the molecule is CC1=C(C)C(C)[C]([Ti][O]c2cc(C)cc(C(C)(C)C)c2)=C1C.Cl.Cl. The second kappa shape index (κ2) is 8.94. The van der Waals surface area contributed by atoms with Gasteiger partial charge in [0.05, 0.1) is 0 Å². The molecule has 0 spiro atoms. The van der Waals surface area contributed by atoms with Gasteiger partial charge in [0, 0.05) is 0 Å². The molecule has 0 amide bonds. The van der Waals surface area contributed by atoms with Crippen LogP contribution in [0.1, 0.15) is 59.6 Å². The maximum absolute atomic E-state index is 6.28. The number of benzene rings is 1. The van der Waals surface area contributed by atoms with Crippen molar-refractivity contribution < 1.29 is 22.9 Å². The molecule has 0 saturated heterocycles. The second-order valence-corrected chi connectivity index (χ2v) is 9.04. The van der Waals surface area contributed by atoms with Gasteiger partial charge in [-0.3, -0.25) is 0 Å². The van der Waals surface area contributed by atoms with Gasteiger partial charge in [0.1, 0.15) is 0 Å². The first-order valence-corrected chi connectivity index (χ1v) is 9.46. The van der Waals surface area contributed by atoms with Crippen LogP contribution in [0.15, 0.2) is 38.8 Å². The first kappa shape index (κ1) is 23.8.